The van der Waals surface area contributed by atoms with Crippen molar-refractivity contribution in [3.05, 3.63) is 78.5 Å². The number of aromatic nitrogens is 1. The van der Waals surface area contributed by atoms with Crippen molar-refractivity contribution in [2.45, 2.75) is 13.3 Å². The Morgan fingerprint density at radius 3 is 2.27 bits per heavy atom. The molecule has 3 aromatic carbocycles. The molecule has 0 fully saturated rings. The third kappa shape index (κ3) is 1.98. The van der Waals surface area contributed by atoms with E-state index >= 15 is 0 Å². The van der Waals surface area contributed by atoms with Crippen molar-refractivity contribution in [2.75, 3.05) is 0 Å². The molecule has 1 heterocycles. The number of hydrogen-bond donors (Lipinski definition) is 0. The van der Waals surface area contributed by atoms with Crippen molar-refractivity contribution < 1.29 is 0 Å². The van der Waals surface area contributed by atoms with Crippen LogP contribution in [0.3, 0.4) is 0 Å². The van der Waals surface area contributed by atoms with Gasteiger partial charge in [-0.15, -0.1) is 0 Å². The average Bonchev–Trinajstić information content (AvgIpc) is 2.61. The quantitative estimate of drug-likeness (QED) is 0.435. The Balaban J connectivity index is 2.09. The Kier molecular flexibility index (Phi) is 3.12. The molecule has 1 heteroatoms. The second-order valence-corrected chi connectivity index (χ2v) is 5.55. The van der Waals surface area contributed by atoms with Crippen LogP contribution in [0.4, 0.5) is 0 Å². The summed E-state index contributed by atoms with van der Waals surface area (Å²) in [6.07, 6.45) is 2.97. The molecule has 0 aliphatic rings. The van der Waals surface area contributed by atoms with Crippen molar-refractivity contribution >= 4 is 21.5 Å². The highest BCUT2D eigenvalue weighted by Gasteiger charge is 2.08. The number of aryl methyl sites for hydroxylation is 1. The summed E-state index contributed by atoms with van der Waals surface area (Å²) < 4.78 is 0. The first-order valence-corrected chi connectivity index (χ1v) is 7.73. The maximum absolute atomic E-state index is 4.63. The molecular weight excluding hydrogens is 266 g/mol. The monoisotopic (exact) mass is 283 g/mol. The van der Waals surface area contributed by atoms with Gasteiger partial charge in [0, 0.05) is 17.1 Å². The molecule has 22 heavy (non-hydrogen) atoms. The van der Waals surface area contributed by atoms with Crippen LogP contribution in [0.25, 0.3) is 32.8 Å². The maximum atomic E-state index is 4.63. The molecular formula is C21H17N. The second-order valence-electron chi connectivity index (χ2n) is 5.55. The fraction of sp³-hybridized carbons (Fsp3) is 0.0952. The fourth-order valence-corrected chi connectivity index (χ4v) is 3.22. The summed E-state index contributed by atoms with van der Waals surface area (Å²) in [6, 6.07) is 23.6. The minimum Gasteiger partial charge on any atom is -0.256 e. The minimum atomic E-state index is 1.06. The first kappa shape index (κ1) is 13.0. The van der Waals surface area contributed by atoms with Gasteiger partial charge in [0.15, 0.2) is 0 Å². The van der Waals surface area contributed by atoms with Gasteiger partial charge in [-0.25, -0.2) is 0 Å². The standard InChI is InChI=1S/C21H17N/c1-2-15-9-6-10-18-17(15)11-12-20-19(18)13-14-22-21(20)16-7-4-3-5-8-16/h3-14H,2H2,1H3. The number of fused-ring (bicyclic) bond motifs is 3. The van der Waals surface area contributed by atoms with Crippen LogP contribution < -0.4 is 0 Å². The molecule has 0 saturated heterocycles. The molecule has 0 N–H and O–H groups in total. The largest absolute Gasteiger partial charge is 0.256 e. The van der Waals surface area contributed by atoms with E-state index < -0.39 is 0 Å². The number of benzene rings is 3. The summed E-state index contributed by atoms with van der Waals surface area (Å²) in [5.41, 5.74) is 3.62. The Labute approximate surface area is 130 Å². The molecule has 4 rings (SSSR count). The molecule has 0 atom stereocenters. The van der Waals surface area contributed by atoms with E-state index in [1.807, 2.05) is 12.3 Å². The molecule has 0 bridgehead atoms. The molecule has 1 aromatic heterocycles. The van der Waals surface area contributed by atoms with Gasteiger partial charge in [-0.3, -0.25) is 4.98 Å². The zero-order valence-corrected chi connectivity index (χ0v) is 12.6. The molecule has 0 radical (unpaired) electrons. The number of nitrogens with zero attached hydrogens (tertiary/aromatic N) is 1. The zero-order valence-electron chi connectivity index (χ0n) is 12.6. The van der Waals surface area contributed by atoms with E-state index in [-0.39, 0.29) is 0 Å². The molecule has 4 aromatic rings. The highest BCUT2D eigenvalue weighted by molar-refractivity contribution is 6.11. The van der Waals surface area contributed by atoms with E-state index in [2.05, 4.69) is 72.6 Å². The lowest BCUT2D eigenvalue weighted by atomic mass is 9.96. The van der Waals surface area contributed by atoms with E-state index in [0.717, 1.165) is 12.1 Å². The van der Waals surface area contributed by atoms with Crippen LogP contribution in [0, 0.1) is 0 Å². The van der Waals surface area contributed by atoms with E-state index in [4.69, 9.17) is 0 Å². The van der Waals surface area contributed by atoms with Crippen molar-refractivity contribution in [3.8, 4) is 11.3 Å². The predicted octanol–water partition coefficient (Wildman–Crippen LogP) is 5.62. The van der Waals surface area contributed by atoms with Crippen LogP contribution in [-0.4, -0.2) is 4.98 Å². The SMILES string of the molecule is CCc1cccc2c1ccc1c(-c3ccccc3)nccc12. The summed E-state index contributed by atoms with van der Waals surface area (Å²) in [5.74, 6) is 0. The molecule has 106 valence electrons. The highest BCUT2D eigenvalue weighted by Crippen LogP contribution is 2.32. The topological polar surface area (TPSA) is 12.9 Å². The summed E-state index contributed by atoms with van der Waals surface area (Å²) in [5, 5.41) is 5.16. The van der Waals surface area contributed by atoms with Gasteiger partial charge in [0.25, 0.3) is 0 Å². The van der Waals surface area contributed by atoms with Gasteiger partial charge in [-0.2, -0.15) is 0 Å². The Hall–Kier alpha value is -2.67. The highest BCUT2D eigenvalue weighted by atomic mass is 14.7. The summed E-state index contributed by atoms with van der Waals surface area (Å²) >= 11 is 0. The smallest absolute Gasteiger partial charge is 0.0780 e. The zero-order chi connectivity index (χ0) is 14.9. The number of pyridine rings is 1. The predicted molar refractivity (Wildman–Crippen MR) is 94.1 cm³/mol. The van der Waals surface area contributed by atoms with Crippen LogP contribution in [0.2, 0.25) is 0 Å². The average molecular weight is 283 g/mol. The molecule has 0 spiro atoms. The number of rotatable bonds is 2. The van der Waals surface area contributed by atoms with E-state index in [1.54, 1.807) is 0 Å². The van der Waals surface area contributed by atoms with E-state index in [9.17, 15) is 0 Å². The lowest BCUT2D eigenvalue weighted by Crippen LogP contribution is -1.89. The summed E-state index contributed by atoms with van der Waals surface area (Å²) in [4.78, 5) is 4.63. The van der Waals surface area contributed by atoms with Gasteiger partial charge in [0.1, 0.15) is 0 Å². The first-order chi connectivity index (χ1) is 10.9. The van der Waals surface area contributed by atoms with Crippen molar-refractivity contribution in [2.24, 2.45) is 0 Å². The lowest BCUT2D eigenvalue weighted by Gasteiger charge is -2.10. The Morgan fingerprint density at radius 2 is 1.45 bits per heavy atom. The van der Waals surface area contributed by atoms with Gasteiger partial charge in [-0.1, -0.05) is 67.6 Å². The molecule has 1 nitrogen and oxygen atoms in total. The van der Waals surface area contributed by atoms with Crippen LogP contribution in [0.5, 0.6) is 0 Å². The third-order valence-electron chi connectivity index (χ3n) is 4.32. The van der Waals surface area contributed by atoms with Crippen molar-refractivity contribution in [3.63, 3.8) is 0 Å². The van der Waals surface area contributed by atoms with Gasteiger partial charge >= 0.3 is 0 Å². The molecule has 0 amide bonds. The van der Waals surface area contributed by atoms with Gasteiger partial charge in [0.2, 0.25) is 0 Å². The fourth-order valence-electron chi connectivity index (χ4n) is 3.22. The molecule has 0 saturated carbocycles. The number of hydrogen-bond acceptors (Lipinski definition) is 1. The van der Waals surface area contributed by atoms with Gasteiger partial charge < -0.3 is 0 Å². The molecule has 0 aliphatic heterocycles. The van der Waals surface area contributed by atoms with Crippen molar-refractivity contribution in [1.82, 2.24) is 4.98 Å². The molecule has 0 aliphatic carbocycles. The van der Waals surface area contributed by atoms with E-state index in [1.165, 1.54) is 32.7 Å². The minimum absolute atomic E-state index is 1.06. The Bertz CT molecular complexity index is 955. The maximum Gasteiger partial charge on any atom is 0.0780 e. The van der Waals surface area contributed by atoms with Gasteiger partial charge in [-0.05, 0) is 34.2 Å². The molecule has 0 unspecified atom stereocenters. The second kappa shape index (κ2) is 5.27. The third-order valence-corrected chi connectivity index (χ3v) is 4.32. The van der Waals surface area contributed by atoms with Crippen LogP contribution in [0.15, 0.2) is 72.9 Å². The van der Waals surface area contributed by atoms with Crippen LogP contribution in [0.1, 0.15) is 12.5 Å². The summed E-state index contributed by atoms with van der Waals surface area (Å²) in [6.45, 7) is 2.21. The normalized spacial score (nSPS) is 11.1. The van der Waals surface area contributed by atoms with Gasteiger partial charge in [0.05, 0.1) is 5.69 Å². The lowest BCUT2D eigenvalue weighted by molar-refractivity contribution is 1.16. The first-order valence-electron chi connectivity index (χ1n) is 7.73. The van der Waals surface area contributed by atoms with Crippen LogP contribution in [-0.2, 0) is 6.42 Å². The Morgan fingerprint density at radius 1 is 0.682 bits per heavy atom. The van der Waals surface area contributed by atoms with Crippen LogP contribution >= 0.6 is 0 Å². The van der Waals surface area contributed by atoms with Crippen molar-refractivity contribution in [1.29, 1.82) is 0 Å². The summed E-state index contributed by atoms with van der Waals surface area (Å²) in [7, 11) is 0. The van der Waals surface area contributed by atoms with E-state index in [0.29, 0.717) is 0 Å².